The summed E-state index contributed by atoms with van der Waals surface area (Å²) in [5, 5.41) is 9.52. The number of nitrogens with two attached hydrogens (primary N) is 1. The first kappa shape index (κ1) is 16.8. The summed E-state index contributed by atoms with van der Waals surface area (Å²) in [5.74, 6) is 1.14. The molecule has 2 N–H and O–H groups in total. The van der Waals surface area contributed by atoms with E-state index in [1.807, 2.05) is 31.2 Å². The largest absolute Gasteiger partial charge is 0.494 e. The smallest absolute Gasteiger partial charge is 0.142 e. The van der Waals surface area contributed by atoms with Gasteiger partial charge in [-0.05, 0) is 43.0 Å². The molecule has 23 heavy (non-hydrogen) atoms. The minimum Gasteiger partial charge on any atom is -0.494 e. The molecule has 0 radical (unpaired) electrons. The third-order valence-electron chi connectivity index (χ3n) is 3.76. The van der Waals surface area contributed by atoms with Crippen molar-refractivity contribution >= 4 is 5.82 Å². The van der Waals surface area contributed by atoms with E-state index in [2.05, 4.69) is 24.9 Å². The molecule has 2 rings (SSSR count). The van der Waals surface area contributed by atoms with Gasteiger partial charge in [-0.1, -0.05) is 32.4 Å². The molecule has 0 amide bonds. The molecule has 0 aliphatic rings. The maximum absolute atomic E-state index is 9.52. The summed E-state index contributed by atoms with van der Waals surface area (Å²) in [7, 11) is 0. The normalized spacial score (nSPS) is 10.3. The first-order valence-electron chi connectivity index (χ1n) is 8.04. The fourth-order valence-corrected chi connectivity index (χ4v) is 2.69. The summed E-state index contributed by atoms with van der Waals surface area (Å²) < 4.78 is 5.63. The maximum Gasteiger partial charge on any atom is 0.142 e. The molecule has 0 saturated heterocycles. The summed E-state index contributed by atoms with van der Waals surface area (Å²) in [4.78, 5) is 4.34. The molecule has 1 heterocycles. The van der Waals surface area contributed by atoms with Crippen molar-refractivity contribution in [2.45, 2.75) is 40.0 Å². The lowest BCUT2D eigenvalue weighted by Crippen LogP contribution is -2.05. The second-order valence-corrected chi connectivity index (χ2v) is 5.55. The van der Waals surface area contributed by atoms with E-state index in [-0.39, 0.29) is 0 Å². The third kappa shape index (κ3) is 3.62. The van der Waals surface area contributed by atoms with E-state index >= 15 is 0 Å². The van der Waals surface area contributed by atoms with Gasteiger partial charge < -0.3 is 10.5 Å². The van der Waals surface area contributed by atoms with E-state index in [0.29, 0.717) is 18.0 Å². The Morgan fingerprint density at radius 1 is 1.17 bits per heavy atom. The lowest BCUT2D eigenvalue weighted by Gasteiger charge is -2.16. The van der Waals surface area contributed by atoms with Gasteiger partial charge in [-0.25, -0.2) is 4.98 Å². The van der Waals surface area contributed by atoms with E-state index < -0.39 is 0 Å². The molecule has 4 nitrogen and oxygen atoms in total. The summed E-state index contributed by atoms with van der Waals surface area (Å²) in [6, 6.07) is 10.1. The molecule has 0 bridgehead atoms. The summed E-state index contributed by atoms with van der Waals surface area (Å²) >= 11 is 0. The monoisotopic (exact) mass is 309 g/mol. The van der Waals surface area contributed by atoms with E-state index in [1.165, 1.54) is 0 Å². The maximum atomic E-state index is 9.52. The number of hydrogen-bond acceptors (Lipinski definition) is 4. The molecule has 0 fully saturated rings. The highest BCUT2D eigenvalue weighted by molar-refractivity contribution is 5.79. The van der Waals surface area contributed by atoms with Crippen LogP contribution in [-0.2, 0) is 6.42 Å². The molecule has 0 atom stereocenters. The fourth-order valence-electron chi connectivity index (χ4n) is 2.69. The van der Waals surface area contributed by atoms with Crippen LogP contribution in [0.25, 0.3) is 11.1 Å². The zero-order valence-electron chi connectivity index (χ0n) is 14.0. The van der Waals surface area contributed by atoms with Crippen LogP contribution in [0, 0.1) is 18.3 Å². The molecule has 1 aromatic carbocycles. The van der Waals surface area contributed by atoms with Crippen molar-refractivity contribution in [1.29, 1.82) is 5.26 Å². The van der Waals surface area contributed by atoms with Crippen LogP contribution in [0.3, 0.4) is 0 Å². The predicted octanol–water partition coefficient (Wildman–Crippen LogP) is 4.25. The van der Waals surface area contributed by atoms with Gasteiger partial charge in [0.15, 0.2) is 0 Å². The first-order chi connectivity index (χ1) is 11.1. The van der Waals surface area contributed by atoms with Gasteiger partial charge in [0, 0.05) is 11.3 Å². The Bertz CT molecular complexity index is 715. The number of ether oxygens (including phenoxy) is 1. The molecule has 1 aromatic heterocycles. The third-order valence-corrected chi connectivity index (χ3v) is 3.76. The fraction of sp³-hybridized carbons (Fsp3) is 0.368. The van der Waals surface area contributed by atoms with Crippen molar-refractivity contribution in [1.82, 2.24) is 4.98 Å². The van der Waals surface area contributed by atoms with Gasteiger partial charge in [0.1, 0.15) is 23.2 Å². The van der Waals surface area contributed by atoms with Gasteiger partial charge in [-0.15, -0.1) is 0 Å². The van der Waals surface area contributed by atoms with Gasteiger partial charge in [0.05, 0.1) is 6.61 Å². The van der Waals surface area contributed by atoms with Crippen LogP contribution in [0.2, 0.25) is 0 Å². The Morgan fingerprint density at radius 3 is 2.43 bits per heavy atom. The number of aryl methyl sites for hydroxylation is 1. The number of hydrogen-bond donors (Lipinski definition) is 1. The number of nitrogen functional groups attached to an aromatic ring is 1. The average molecular weight is 309 g/mol. The van der Waals surface area contributed by atoms with Gasteiger partial charge in [-0.3, -0.25) is 0 Å². The zero-order valence-corrected chi connectivity index (χ0v) is 14.0. The van der Waals surface area contributed by atoms with Crippen LogP contribution in [0.5, 0.6) is 5.75 Å². The van der Waals surface area contributed by atoms with Gasteiger partial charge in [-0.2, -0.15) is 5.26 Å². The molecule has 120 valence electrons. The lowest BCUT2D eigenvalue weighted by molar-refractivity contribution is 0.317. The van der Waals surface area contributed by atoms with Crippen molar-refractivity contribution in [3.8, 4) is 22.9 Å². The number of rotatable bonds is 6. The number of pyridine rings is 1. The zero-order chi connectivity index (χ0) is 16.8. The summed E-state index contributed by atoms with van der Waals surface area (Å²) in [6.45, 7) is 6.84. The number of aromatic nitrogens is 1. The minimum atomic E-state index is 0.297. The van der Waals surface area contributed by atoms with E-state index in [0.717, 1.165) is 47.4 Å². The van der Waals surface area contributed by atoms with Crippen molar-refractivity contribution in [3.05, 3.63) is 41.1 Å². The van der Waals surface area contributed by atoms with Crippen LogP contribution in [0.1, 0.15) is 43.5 Å². The summed E-state index contributed by atoms with van der Waals surface area (Å²) in [5.41, 5.74) is 10.3. The van der Waals surface area contributed by atoms with Crippen LogP contribution >= 0.6 is 0 Å². The van der Waals surface area contributed by atoms with Crippen molar-refractivity contribution in [2.75, 3.05) is 12.3 Å². The molecular formula is C19H23N3O. The average Bonchev–Trinajstić information content (AvgIpc) is 2.55. The second kappa shape index (κ2) is 7.64. The van der Waals surface area contributed by atoms with Crippen molar-refractivity contribution < 1.29 is 4.74 Å². The number of nitriles is 1. The number of nitrogens with zero attached hydrogens (tertiary/aromatic N) is 2. The van der Waals surface area contributed by atoms with Gasteiger partial charge >= 0.3 is 0 Å². The second-order valence-electron chi connectivity index (χ2n) is 5.55. The molecule has 0 aliphatic heterocycles. The van der Waals surface area contributed by atoms with Gasteiger partial charge in [0.25, 0.3) is 0 Å². The van der Waals surface area contributed by atoms with Crippen molar-refractivity contribution in [2.24, 2.45) is 0 Å². The molecule has 4 heteroatoms. The van der Waals surface area contributed by atoms with E-state index in [1.54, 1.807) is 0 Å². The topological polar surface area (TPSA) is 71.9 Å². The van der Waals surface area contributed by atoms with E-state index in [4.69, 9.17) is 10.5 Å². The lowest BCUT2D eigenvalue weighted by atomic mass is 9.92. The minimum absolute atomic E-state index is 0.297. The highest BCUT2D eigenvalue weighted by Crippen LogP contribution is 2.33. The van der Waals surface area contributed by atoms with Crippen LogP contribution in [0.15, 0.2) is 24.3 Å². The van der Waals surface area contributed by atoms with Crippen LogP contribution in [0.4, 0.5) is 5.82 Å². The molecule has 0 unspecified atom stereocenters. The number of anilines is 1. The van der Waals surface area contributed by atoms with E-state index in [9.17, 15) is 5.26 Å². The molecule has 0 aliphatic carbocycles. The first-order valence-corrected chi connectivity index (χ1v) is 8.04. The standard InChI is InChI=1S/C19H23N3O/c1-4-6-16-13(3)22-19(21)17(12-20)18(16)14-7-9-15(10-8-14)23-11-5-2/h7-10H,4-6,11H2,1-3H3,(H2,21,22). The highest BCUT2D eigenvalue weighted by atomic mass is 16.5. The van der Waals surface area contributed by atoms with Crippen LogP contribution in [-0.4, -0.2) is 11.6 Å². The molecule has 0 spiro atoms. The molecular weight excluding hydrogens is 286 g/mol. The summed E-state index contributed by atoms with van der Waals surface area (Å²) in [6.07, 6.45) is 2.83. The van der Waals surface area contributed by atoms with Crippen LogP contribution < -0.4 is 10.5 Å². The Balaban J connectivity index is 2.54. The molecule has 0 saturated carbocycles. The molecule has 2 aromatic rings. The Morgan fingerprint density at radius 2 is 1.87 bits per heavy atom. The quantitative estimate of drug-likeness (QED) is 0.865. The Hall–Kier alpha value is -2.54. The highest BCUT2D eigenvalue weighted by Gasteiger charge is 2.17. The SMILES string of the molecule is CCCOc1ccc(-c2c(C#N)c(N)nc(C)c2CCC)cc1. The van der Waals surface area contributed by atoms with Crippen molar-refractivity contribution in [3.63, 3.8) is 0 Å². The Kier molecular flexibility index (Phi) is 5.59. The predicted molar refractivity (Wildman–Crippen MR) is 93.3 cm³/mol. The van der Waals surface area contributed by atoms with Gasteiger partial charge in [0.2, 0.25) is 0 Å². The number of benzene rings is 1. The Labute approximate surface area is 137 Å².